The number of phenols is 1. The number of carbonyl (C=O) groups is 2. The molecule has 3 rings (SSSR count). The molecule has 128 valence electrons. The largest absolute Gasteiger partial charge is 0.508 e. The Balaban J connectivity index is 1.63. The van der Waals surface area contributed by atoms with Crippen molar-refractivity contribution in [2.45, 2.75) is 25.5 Å². The maximum Gasteiger partial charge on any atom is 0.260 e. The van der Waals surface area contributed by atoms with Gasteiger partial charge in [-0.05, 0) is 49.7 Å². The standard InChI is InChI=1S/C19H18N2O3S/c1-11-3-8-15(12(2)9-11)20-17(23)10-16-18(24)21-19(25-16)13-4-6-14(22)7-5-13/h3-9,16,22H,10H2,1-2H3,(H,20,23)/t16-/m1/s1. The molecule has 2 aromatic rings. The highest BCUT2D eigenvalue weighted by atomic mass is 32.2. The van der Waals surface area contributed by atoms with Crippen molar-refractivity contribution >= 4 is 34.3 Å². The predicted octanol–water partition coefficient (Wildman–Crippen LogP) is 3.43. The average Bonchev–Trinajstić information content (AvgIpc) is 2.91. The lowest BCUT2D eigenvalue weighted by atomic mass is 10.1. The Hall–Kier alpha value is -2.60. The zero-order chi connectivity index (χ0) is 18.0. The van der Waals surface area contributed by atoms with Crippen molar-refractivity contribution in [3.05, 3.63) is 59.2 Å². The number of aliphatic imine (C=N–C) groups is 1. The second-order valence-electron chi connectivity index (χ2n) is 5.98. The van der Waals surface area contributed by atoms with Gasteiger partial charge in [0, 0.05) is 17.7 Å². The van der Waals surface area contributed by atoms with E-state index in [2.05, 4.69) is 10.3 Å². The first kappa shape index (κ1) is 17.2. The van der Waals surface area contributed by atoms with Crippen LogP contribution < -0.4 is 5.32 Å². The molecule has 0 aromatic heterocycles. The van der Waals surface area contributed by atoms with Gasteiger partial charge < -0.3 is 10.4 Å². The molecule has 1 aliphatic heterocycles. The van der Waals surface area contributed by atoms with Crippen molar-refractivity contribution in [1.29, 1.82) is 0 Å². The molecule has 0 fully saturated rings. The van der Waals surface area contributed by atoms with Crippen molar-refractivity contribution in [2.24, 2.45) is 4.99 Å². The molecule has 6 heteroatoms. The highest BCUT2D eigenvalue weighted by Crippen LogP contribution is 2.30. The van der Waals surface area contributed by atoms with Crippen LogP contribution in [-0.2, 0) is 9.59 Å². The lowest BCUT2D eigenvalue weighted by molar-refractivity contribution is -0.121. The minimum Gasteiger partial charge on any atom is -0.508 e. The van der Waals surface area contributed by atoms with Gasteiger partial charge in [0.05, 0.1) is 0 Å². The zero-order valence-corrected chi connectivity index (χ0v) is 14.8. The summed E-state index contributed by atoms with van der Waals surface area (Å²) in [5.74, 6) is -0.355. The summed E-state index contributed by atoms with van der Waals surface area (Å²) in [7, 11) is 0. The summed E-state index contributed by atoms with van der Waals surface area (Å²) in [6.07, 6.45) is 0.0713. The van der Waals surface area contributed by atoms with Gasteiger partial charge in [-0.1, -0.05) is 29.5 Å². The van der Waals surface area contributed by atoms with E-state index in [-0.39, 0.29) is 24.0 Å². The SMILES string of the molecule is Cc1ccc(NC(=O)C[C@H]2SC(c3ccc(O)cc3)=NC2=O)c(C)c1. The summed E-state index contributed by atoms with van der Waals surface area (Å²) >= 11 is 1.28. The smallest absolute Gasteiger partial charge is 0.260 e. The average molecular weight is 354 g/mol. The van der Waals surface area contributed by atoms with E-state index in [4.69, 9.17) is 0 Å². The first-order valence-electron chi connectivity index (χ1n) is 7.88. The number of thioether (sulfide) groups is 1. The number of phenolic OH excluding ortho intramolecular Hbond substituents is 1. The topological polar surface area (TPSA) is 78.8 Å². The van der Waals surface area contributed by atoms with Crippen LogP contribution in [0.1, 0.15) is 23.1 Å². The maximum atomic E-state index is 12.3. The van der Waals surface area contributed by atoms with E-state index >= 15 is 0 Å². The van der Waals surface area contributed by atoms with Crippen LogP contribution in [0.3, 0.4) is 0 Å². The third-order valence-electron chi connectivity index (χ3n) is 3.88. The summed E-state index contributed by atoms with van der Waals surface area (Å²) in [6, 6.07) is 12.3. The van der Waals surface area contributed by atoms with E-state index in [9.17, 15) is 14.7 Å². The highest BCUT2D eigenvalue weighted by molar-refractivity contribution is 8.16. The Morgan fingerprint density at radius 2 is 1.92 bits per heavy atom. The predicted molar refractivity (Wildman–Crippen MR) is 100 cm³/mol. The fourth-order valence-electron chi connectivity index (χ4n) is 2.57. The number of aryl methyl sites for hydroxylation is 2. The highest BCUT2D eigenvalue weighted by Gasteiger charge is 2.31. The van der Waals surface area contributed by atoms with Crippen LogP contribution in [0.2, 0.25) is 0 Å². The van der Waals surface area contributed by atoms with Gasteiger partial charge in [0.1, 0.15) is 16.0 Å². The summed E-state index contributed by atoms with van der Waals surface area (Å²) < 4.78 is 0. The Labute approximate surface area is 150 Å². The molecule has 1 aliphatic rings. The van der Waals surface area contributed by atoms with Gasteiger partial charge in [0.2, 0.25) is 5.91 Å². The first-order valence-corrected chi connectivity index (χ1v) is 8.76. The van der Waals surface area contributed by atoms with Crippen molar-refractivity contribution in [2.75, 3.05) is 5.32 Å². The summed E-state index contributed by atoms with van der Waals surface area (Å²) in [5.41, 5.74) is 3.63. The van der Waals surface area contributed by atoms with Crippen molar-refractivity contribution in [1.82, 2.24) is 0 Å². The number of rotatable bonds is 4. The molecule has 25 heavy (non-hydrogen) atoms. The monoisotopic (exact) mass is 354 g/mol. The molecule has 0 unspecified atom stereocenters. The number of hydrogen-bond acceptors (Lipinski definition) is 4. The van der Waals surface area contributed by atoms with Crippen molar-refractivity contribution in [3.8, 4) is 5.75 Å². The summed E-state index contributed by atoms with van der Waals surface area (Å²) in [6.45, 7) is 3.93. The third-order valence-corrected chi connectivity index (χ3v) is 5.09. The molecule has 0 spiro atoms. The Kier molecular flexibility index (Phi) is 4.90. The number of benzene rings is 2. The molecule has 1 heterocycles. The molecule has 2 amide bonds. The van der Waals surface area contributed by atoms with Crippen LogP contribution in [0.25, 0.3) is 0 Å². The van der Waals surface area contributed by atoms with E-state index in [1.165, 1.54) is 11.8 Å². The number of carbonyl (C=O) groups excluding carboxylic acids is 2. The molecule has 0 saturated heterocycles. The van der Waals surface area contributed by atoms with Crippen molar-refractivity contribution in [3.63, 3.8) is 0 Å². The van der Waals surface area contributed by atoms with E-state index in [0.29, 0.717) is 5.04 Å². The fourth-order valence-corrected chi connectivity index (χ4v) is 3.65. The fraction of sp³-hybridized carbons (Fsp3) is 0.211. The number of amides is 2. The van der Waals surface area contributed by atoms with E-state index < -0.39 is 5.25 Å². The van der Waals surface area contributed by atoms with Crippen LogP contribution in [0.4, 0.5) is 5.69 Å². The van der Waals surface area contributed by atoms with Gasteiger partial charge in [0.25, 0.3) is 5.91 Å². The summed E-state index contributed by atoms with van der Waals surface area (Å²) in [4.78, 5) is 28.4. The molecule has 1 atom stereocenters. The summed E-state index contributed by atoms with van der Waals surface area (Å²) in [5, 5.41) is 12.3. The van der Waals surface area contributed by atoms with Gasteiger partial charge in [-0.15, -0.1) is 0 Å². The van der Waals surface area contributed by atoms with E-state index in [1.54, 1.807) is 24.3 Å². The maximum absolute atomic E-state index is 12.3. The molecule has 0 saturated carbocycles. The minimum atomic E-state index is -0.519. The zero-order valence-electron chi connectivity index (χ0n) is 13.9. The Bertz CT molecular complexity index is 859. The molecular formula is C19H18N2O3S. The Morgan fingerprint density at radius 3 is 2.60 bits per heavy atom. The molecule has 5 nitrogen and oxygen atoms in total. The second-order valence-corrected chi connectivity index (χ2v) is 7.17. The van der Waals surface area contributed by atoms with Gasteiger partial charge in [-0.2, -0.15) is 0 Å². The number of aromatic hydroxyl groups is 1. The van der Waals surface area contributed by atoms with E-state index in [1.807, 2.05) is 32.0 Å². The van der Waals surface area contributed by atoms with Gasteiger partial charge >= 0.3 is 0 Å². The van der Waals surface area contributed by atoms with Gasteiger partial charge in [0.15, 0.2) is 0 Å². The normalized spacial score (nSPS) is 16.6. The quantitative estimate of drug-likeness (QED) is 0.882. The van der Waals surface area contributed by atoms with Crippen LogP contribution in [0.15, 0.2) is 47.5 Å². The van der Waals surface area contributed by atoms with Crippen LogP contribution in [0.5, 0.6) is 5.75 Å². The van der Waals surface area contributed by atoms with Crippen LogP contribution in [0, 0.1) is 13.8 Å². The third kappa shape index (κ3) is 4.09. The number of nitrogens with zero attached hydrogens (tertiary/aromatic N) is 1. The molecule has 2 N–H and O–H groups in total. The number of hydrogen-bond donors (Lipinski definition) is 2. The minimum absolute atomic E-state index is 0.0713. The first-order chi connectivity index (χ1) is 11.9. The molecule has 2 aromatic carbocycles. The molecule has 0 bridgehead atoms. The lowest BCUT2D eigenvalue weighted by Crippen LogP contribution is -2.21. The molecular weight excluding hydrogens is 336 g/mol. The van der Waals surface area contributed by atoms with Gasteiger partial charge in [-0.25, -0.2) is 4.99 Å². The lowest BCUT2D eigenvalue weighted by Gasteiger charge is -2.11. The second kappa shape index (κ2) is 7.11. The van der Waals surface area contributed by atoms with Gasteiger partial charge in [-0.3, -0.25) is 9.59 Å². The Morgan fingerprint density at radius 1 is 1.20 bits per heavy atom. The van der Waals surface area contributed by atoms with Crippen LogP contribution in [-0.4, -0.2) is 27.2 Å². The molecule has 0 radical (unpaired) electrons. The van der Waals surface area contributed by atoms with Crippen molar-refractivity contribution < 1.29 is 14.7 Å². The molecule has 0 aliphatic carbocycles. The van der Waals surface area contributed by atoms with Crippen LogP contribution >= 0.6 is 11.8 Å². The number of nitrogens with one attached hydrogen (secondary N) is 1. The van der Waals surface area contributed by atoms with E-state index in [0.717, 1.165) is 22.4 Å². The number of anilines is 1.